The summed E-state index contributed by atoms with van der Waals surface area (Å²) < 4.78 is 0. The van der Waals surface area contributed by atoms with E-state index in [0.29, 0.717) is 11.6 Å². The fourth-order valence-corrected chi connectivity index (χ4v) is 2.15. The molecule has 0 saturated heterocycles. The van der Waals surface area contributed by atoms with Crippen LogP contribution in [-0.4, -0.2) is 17.1 Å². The van der Waals surface area contributed by atoms with Crippen molar-refractivity contribution in [2.75, 3.05) is 5.32 Å². The van der Waals surface area contributed by atoms with Crippen molar-refractivity contribution < 1.29 is 9.90 Å². The lowest BCUT2D eigenvalue weighted by molar-refractivity contribution is 0.0697. The van der Waals surface area contributed by atoms with Crippen LogP contribution >= 0.6 is 0 Å². The number of hydrogen-bond donors (Lipinski definition) is 2. The molecule has 2 rings (SSSR count). The van der Waals surface area contributed by atoms with Gasteiger partial charge in [-0.25, -0.2) is 4.79 Å². The standard InChI is InChI=1S/C13H16NO2/c15-13(16)10-5-4-8-12(9-10)14-11-6-2-1-3-7-11/h4-5,9,11,14H,1-3,6-7H2,(H,15,16). The molecule has 0 unspecified atom stereocenters. The molecule has 0 aromatic heterocycles. The van der Waals surface area contributed by atoms with Gasteiger partial charge in [-0.2, -0.15) is 0 Å². The van der Waals surface area contributed by atoms with E-state index in [1.807, 2.05) is 0 Å². The third kappa shape index (κ3) is 2.75. The number of carboxylic acid groups (broad SMARTS) is 1. The Kier molecular flexibility index (Phi) is 3.44. The van der Waals surface area contributed by atoms with E-state index in [1.54, 1.807) is 18.2 Å². The predicted octanol–water partition coefficient (Wildman–Crippen LogP) is 2.93. The Morgan fingerprint density at radius 3 is 2.81 bits per heavy atom. The van der Waals surface area contributed by atoms with Crippen molar-refractivity contribution >= 4 is 11.7 Å². The Morgan fingerprint density at radius 2 is 2.12 bits per heavy atom. The van der Waals surface area contributed by atoms with Gasteiger partial charge in [-0.1, -0.05) is 25.3 Å². The highest BCUT2D eigenvalue weighted by molar-refractivity contribution is 5.88. The lowest BCUT2D eigenvalue weighted by atomic mass is 9.95. The van der Waals surface area contributed by atoms with Gasteiger partial charge in [-0.3, -0.25) is 0 Å². The second kappa shape index (κ2) is 5.01. The maximum Gasteiger partial charge on any atom is 0.335 e. The zero-order chi connectivity index (χ0) is 11.4. The largest absolute Gasteiger partial charge is 0.478 e. The molecule has 16 heavy (non-hydrogen) atoms. The SMILES string of the molecule is O=C(O)c1cc[c]c(NC2CCCCC2)c1. The van der Waals surface area contributed by atoms with E-state index in [9.17, 15) is 4.79 Å². The molecule has 0 heterocycles. The number of benzene rings is 1. The zero-order valence-electron chi connectivity index (χ0n) is 9.20. The second-order valence-corrected chi connectivity index (χ2v) is 4.28. The second-order valence-electron chi connectivity index (χ2n) is 4.28. The first kappa shape index (κ1) is 11.0. The number of hydrogen-bond acceptors (Lipinski definition) is 2. The van der Waals surface area contributed by atoms with Crippen molar-refractivity contribution in [3.63, 3.8) is 0 Å². The molecule has 1 aliphatic rings. The quantitative estimate of drug-likeness (QED) is 0.820. The van der Waals surface area contributed by atoms with Crippen LogP contribution in [0.2, 0.25) is 0 Å². The highest BCUT2D eigenvalue weighted by atomic mass is 16.4. The minimum absolute atomic E-state index is 0.317. The van der Waals surface area contributed by atoms with Crippen molar-refractivity contribution in [2.45, 2.75) is 38.1 Å². The summed E-state index contributed by atoms with van der Waals surface area (Å²) in [7, 11) is 0. The molecule has 1 radical (unpaired) electrons. The van der Waals surface area contributed by atoms with Crippen LogP contribution in [0.15, 0.2) is 18.2 Å². The van der Waals surface area contributed by atoms with Crippen molar-refractivity contribution in [3.8, 4) is 0 Å². The zero-order valence-corrected chi connectivity index (χ0v) is 9.20. The fraction of sp³-hybridized carbons (Fsp3) is 0.462. The fourth-order valence-electron chi connectivity index (χ4n) is 2.15. The van der Waals surface area contributed by atoms with E-state index in [2.05, 4.69) is 11.4 Å². The summed E-state index contributed by atoms with van der Waals surface area (Å²) in [5.41, 5.74) is 1.11. The Morgan fingerprint density at radius 1 is 1.38 bits per heavy atom. The summed E-state index contributed by atoms with van der Waals surface area (Å²) in [5, 5.41) is 12.2. The highest BCUT2D eigenvalue weighted by Gasteiger charge is 2.13. The average Bonchev–Trinajstić information content (AvgIpc) is 2.30. The summed E-state index contributed by atoms with van der Waals surface area (Å²) in [6.45, 7) is 0. The van der Waals surface area contributed by atoms with Crippen LogP contribution in [0.3, 0.4) is 0 Å². The molecule has 1 fully saturated rings. The average molecular weight is 218 g/mol. The highest BCUT2D eigenvalue weighted by Crippen LogP contribution is 2.21. The van der Waals surface area contributed by atoms with Gasteiger partial charge >= 0.3 is 5.97 Å². The van der Waals surface area contributed by atoms with E-state index in [0.717, 1.165) is 5.69 Å². The van der Waals surface area contributed by atoms with Crippen LogP contribution in [0.25, 0.3) is 0 Å². The van der Waals surface area contributed by atoms with E-state index in [4.69, 9.17) is 5.11 Å². The van der Waals surface area contributed by atoms with Gasteiger partial charge in [0.1, 0.15) is 0 Å². The van der Waals surface area contributed by atoms with Gasteiger partial charge in [-0.15, -0.1) is 0 Å². The number of carbonyl (C=O) groups is 1. The van der Waals surface area contributed by atoms with Crippen LogP contribution in [0.4, 0.5) is 5.69 Å². The van der Waals surface area contributed by atoms with Gasteiger partial charge in [0, 0.05) is 17.8 Å². The molecule has 3 heteroatoms. The minimum atomic E-state index is -0.888. The predicted molar refractivity (Wildman–Crippen MR) is 62.7 cm³/mol. The molecule has 1 aromatic rings. The lowest BCUT2D eigenvalue weighted by Crippen LogP contribution is -2.22. The van der Waals surface area contributed by atoms with Crippen molar-refractivity contribution in [2.24, 2.45) is 0 Å². The van der Waals surface area contributed by atoms with Gasteiger partial charge in [0.05, 0.1) is 5.56 Å². The number of anilines is 1. The smallest absolute Gasteiger partial charge is 0.335 e. The molecule has 1 aliphatic carbocycles. The molecule has 1 aromatic carbocycles. The summed E-state index contributed by atoms with van der Waals surface area (Å²) >= 11 is 0. The van der Waals surface area contributed by atoms with Crippen LogP contribution < -0.4 is 5.32 Å². The molecule has 0 amide bonds. The molecule has 0 bridgehead atoms. The third-order valence-electron chi connectivity index (χ3n) is 3.01. The normalized spacial score (nSPS) is 17.0. The topological polar surface area (TPSA) is 49.3 Å². The van der Waals surface area contributed by atoms with Crippen molar-refractivity contribution in [3.05, 3.63) is 29.8 Å². The Balaban J connectivity index is 2.02. The number of rotatable bonds is 3. The van der Waals surface area contributed by atoms with Gasteiger partial charge in [0.15, 0.2) is 0 Å². The summed E-state index contributed by atoms with van der Waals surface area (Å²) in [4.78, 5) is 10.8. The molecule has 3 nitrogen and oxygen atoms in total. The van der Waals surface area contributed by atoms with E-state index in [1.165, 1.54) is 32.1 Å². The van der Waals surface area contributed by atoms with Crippen molar-refractivity contribution in [1.29, 1.82) is 0 Å². The van der Waals surface area contributed by atoms with Crippen LogP contribution in [0, 0.1) is 6.07 Å². The Labute approximate surface area is 95.5 Å². The lowest BCUT2D eigenvalue weighted by Gasteiger charge is -2.23. The van der Waals surface area contributed by atoms with Crippen LogP contribution in [-0.2, 0) is 0 Å². The Hall–Kier alpha value is -1.51. The van der Waals surface area contributed by atoms with Gasteiger partial charge in [0.2, 0.25) is 0 Å². The maximum atomic E-state index is 10.8. The van der Waals surface area contributed by atoms with Crippen LogP contribution in [0.1, 0.15) is 42.5 Å². The maximum absolute atomic E-state index is 10.8. The number of nitrogens with one attached hydrogen (secondary N) is 1. The molecular formula is C13H16NO2. The monoisotopic (exact) mass is 218 g/mol. The first-order valence-corrected chi connectivity index (χ1v) is 5.77. The van der Waals surface area contributed by atoms with Gasteiger partial charge in [0.25, 0.3) is 0 Å². The first-order chi connectivity index (χ1) is 7.75. The molecule has 0 aliphatic heterocycles. The molecule has 0 atom stereocenters. The third-order valence-corrected chi connectivity index (χ3v) is 3.01. The van der Waals surface area contributed by atoms with Gasteiger partial charge < -0.3 is 10.4 Å². The van der Waals surface area contributed by atoms with Crippen molar-refractivity contribution in [1.82, 2.24) is 0 Å². The molecule has 85 valence electrons. The van der Waals surface area contributed by atoms with E-state index in [-0.39, 0.29) is 0 Å². The summed E-state index contributed by atoms with van der Waals surface area (Å²) in [5.74, 6) is -0.888. The molecule has 1 saturated carbocycles. The van der Waals surface area contributed by atoms with E-state index < -0.39 is 5.97 Å². The molecule has 0 spiro atoms. The molecule has 2 N–H and O–H groups in total. The number of carboxylic acids is 1. The first-order valence-electron chi connectivity index (χ1n) is 5.77. The van der Waals surface area contributed by atoms with Gasteiger partial charge in [-0.05, 0) is 25.0 Å². The molecular weight excluding hydrogens is 202 g/mol. The minimum Gasteiger partial charge on any atom is -0.478 e. The van der Waals surface area contributed by atoms with E-state index >= 15 is 0 Å². The number of aromatic carboxylic acids is 1. The summed E-state index contributed by atoms with van der Waals surface area (Å²) in [6, 6.07) is 8.39. The Bertz CT molecular complexity index is 370. The van der Waals surface area contributed by atoms with Crippen LogP contribution in [0.5, 0.6) is 0 Å². The summed E-state index contributed by atoms with van der Waals surface area (Å²) in [6.07, 6.45) is 6.18.